The molecule has 0 aliphatic rings. The molecule has 8 heteroatoms. The first-order valence-electron chi connectivity index (χ1n) is 11.3. The third-order valence-electron chi connectivity index (χ3n) is 5.89. The van der Waals surface area contributed by atoms with Crippen LogP contribution >= 0.6 is 22.7 Å². The molecule has 180 valence electrons. The molecular formula is C27H28N4O2S2. The molecule has 0 aliphatic carbocycles. The highest BCUT2D eigenvalue weighted by Crippen LogP contribution is 2.31. The van der Waals surface area contributed by atoms with E-state index in [1.54, 1.807) is 29.7 Å². The largest absolute Gasteiger partial charge is 0.399 e. The summed E-state index contributed by atoms with van der Waals surface area (Å²) in [5.74, 6) is -0.373. The third-order valence-corrected chi connectivity index (χ3v) is 7.79. The number of nitrogen functional groups attached to an aromatic ring is 1. The molecule has 35 heavy (non-hydrogen) atoms. The molecule has 2 aromatic carbocycles. The SMILES string of the molecule is CC(=O)N(C)[C@@H](Cc1ccccc1)C(=O)N[C@@H](Cc1ccc(N)cc1)c1csc(-c2cccs2)n1. The van der Waals surface area contributed by atoms with Gasteiger partial charge in [-0.3, -0.25) is 9.59 Å². The second-order valence-corrected chi connectivity index (χ2v) is 10.2. The number of rotatable bonds is 9. The number of carbonyl (C=O) groups excluding carboxylic acids is 2. The minimum atomic E-state index is -0.640. The summed E-state index contributed by atoms with van der Waals surface area (Å²) < 4.78 is 0. The van der Waals surface area contributed by atoms with Crippen LogP contribution in [-0.4, -0.2) is 34.8 Å². The lowest BCUT2D eigenvalue weighted by Gasteiger charge is -2.28. The van der Waals surface area contributed by atoms with E-state index in [0.29, 0.717) is 18.5 Å². The molecule has 2 heterocycles. The van der Waals surface area contributed by atoms with Crippen molar-refractivity contribution in [3.63, 3.8) is 0 Å². The summed E-state index contributed by atoms with van der Waals surface area (Å²) in [5, 5.41) is 8.14. The van der Waals surface area contributed by atoms with E-state index in [4.69, 9.17) is 10.7 Å². The number of benzene rings is 2. The zero-order chi connectivity index (χ0) is 24.8. The molecule has 0 radical (unpaired) electrons. The number of thiophene rings is 1. The van der Waals surface area contributed by atoms with E-state index in [2.05, 4.69) is 5.32 Å². The van der Waals surface area contributed by atoms with E-state index in [9.17, 15) is 9.59 Å². The number of carbonyl (C=O) groups is 2. The van der Waals surface area contributed by atoms with Crippen molar-refractivity contribution in [2.45, 2.75) is 31.8 Å². The van der Waals surface area contributed by atoms with Crippen LogP contribution in [-0.2, 0) is 22.4 Å². The van der Waals surface area contributed by atoms with Crippen molar-refractivity contribution in [3.05, 3.63) is 94.3 Å². The summed E-state index contributed by atoms with van der Waals surface area (Å²) in [6.45, 7) is 1.48. The maximum Gasteiger partial charge on any atom is 0.243 e. The predicted octanol–water partition coefficient (Wildman–Crippen LogP) is 4.94. The maximum atomic E-state index is 13.6. The van der Waals surface area contributed by atoms with Gasteiger partial charge in [-0.25, -0.2) is 4.98 Å². The van der Waals surface area contributed by atoms with Gasteiger partial charge in [-0.2, -0.15) is 0 Å². The van der Waals surface area contributed by atoms with Gasteiger partial charge in [0.15, 0.2) is 0 Å². The van der Waals surface area contributed by atoms with Gasteiger partial charge >= 0.3 is 0 Å². The van der Waals surface area contributed by atoms with Gasteiger partial charge in [-0.1, -0.05) is 48.5 Å². The average molecular weight is 505 g/mol. The molecule has 4 aromatic rings. The minimum Gasteiger partial charge on any atom is -0.399 e. The van der Waals surface area contributed by atoms with Crippen molar-refractivity contribution in [3.8, 4) is 9.88 Å². The smallest absolute Gasteiger partial charge is 0.243 e. The minimum absolute atomic E-state index is 0.162. The number of hydrogen-bond donors (Lipinski definition) is 2. The van der Waals surface area contributed by atoms with Crippen molar-refractivity contribution in [1.82, 2.24) is 15.2 Å². The summed E-state index contributed by atoms with van der Waals surface area (Å²) in [5.41, 5.74) is 9.38. The Kier molecular flexibility index (Phi) is 7.94. The zero-order valence-corrected chi connectivity index (χ0v) is 21.3. The summed E-state index contributed by atoms with van der Waals surface area (Å²) in [4.78, 5) is 33.3. The van der Waals surface area contributed by atoms with Crippen LogP contribution < -0.4 is 11.1 Å². The fourth-order valence-electron chi connectivity index (χ4n) is 3.81. The highest BCUT2D eigenvalue weighted by atomic mass is 32.1. The first-order valence-corrected chi connectivity index (χ1v) is 13.1. The number of amides is 2. The van der Waals surface area contributed by atoms with E-state index in [-0.39, 0.29) is 17.9 Å². The molecule has 0 saturated heterocycles. The summed E-state index contributed by atoms with van der Waals surface area (Å²) >= 11 is 3.20. The molecule has 4 rings (SSSR count). The predicted molar refractivity (Wildman–Crippen MR) is 143 cm³/mol. The number of nitrogens with one attached hydrogen (secondary N) is 1. The lowest BCUT2D eigenvalue weighted by molar-refractivity contribution is -0.137. The van der Waals surface area contributed by atoms with Gasteiger partial charge in [0.2, 0.25) is 11.8 Å². The van der Waals surface area contributed by atoms with Crippen molar-refractivity contribution in [2.75, 3.05) is 12.8 Å². The second-order valence-electron chi connectivity index (χ2n) is 8.40. The van der Waals surface area contributed by atoms with Crippen molar-refractivity contribution >= 4 is 40.2 Å². The number of thiazole rings is 1. The van der Waals surface area contributed by atoms with Crippen molar-refractivity contribution < 1.29 is 9.59 Å². The van der Waals surface area contributed by atoms with E-state index in [0.717, 1.165) is 26.7 Å². The molecule has 0 saturated carbocycles. The molecule has 2 amide bonds. The van der Waals surface area contributed by atoms with Crippen LogP contribution in [0.25, 0.3) is 9.88 Å². The molecule has 3 N–H and O–H groups in total. The quantitative estimate of drug-likeness (QED) is 0.316. The Bertz CT molecular complexity index is 1250. The molecule has 0 fully saturated rings. The van der Waals surface area contributed by atoms with Crippen LogP contribution in [0.1, 0.15) is 29.8 Å². The zero-order valence-electron chi connectivity index (χ0n) is 19.7. The van der Waals surface area contributed by atoms with E-state index >= 15 is 0 Å². The van der Waals surface area contributed by atoms with Gasteiger partial charge in [0, 0.05) is 31.5 Å². The molecule has 0 aliphatic heterocycles. The Morgan fingerprint density at radius 3 is 2.34 bits per heavy atom. The second kappa shape index (κ2) is 11.3. The Labute approximate surface area is 213 Å². The van der Waals surface area contributed by atoms with Crippen LogP contribution in [0.5, 0.6) is 0 Å². The lowest BCUT2D eigenvalue weighted by atomic mass is 10.0. The number of hydrogen-bond acceptors (Lipinski definition) is 6. The summed E-state index contributed by atoms with van der Waals surface area (Å²) in [6, 6.07) is 20.4. The number of nitrogens with zero attached hydrogens (tertiary/aromatic N) is 2. The van der Waals surface area contributed by atoms with Crippen LogP contribution in [0.15, 0.2) is 77.5 Å². The molecule has 2 atom stereocenters. The van der Waals surface area contributed by atoms with Crippen LogP contribution in [0.3, 0.4) is 0 Å². The molecular weight excluding hydrogens is 476 g/mol. The van der Waals surface area contributed by atoms with Gasteiger partial charge in [0.05, 0.1) is 16.6 Å². The normalized spacial score (nSPS) is 12.6. The van der Waals surface area contributed by atoms with Gasteiger partial charge < -0.3 is 16.0 Å². The van der Waals surface area contributed by atoms with Crippen molar-refractivity contribution in [1.29, 1.82) is 0 Å². The Morgan fingerprint density at radius 2 is 1.69 bits per heavy atom. The number of nitrogens with two attached hydrogens (primary N) is 1. The molecule has 0 spiro atoms. The van der Waals surface area contributed by atoms with Crippen LogP contribution in [0.4, 0.5) is 5.69 Å². The number of likely N-dealkylation sites (N-methyl/N-ethyl adjacent to an activating group) is 1. The number of aromatic nitrogens is 1. The Morgan fingerprint density at radius 1 is 0.971 bits per heavy atom. The van der Waals surface area contributed by atoms with Crippen molar-refractivity contribution in [2.24, 2.45) is 0 Å². The molecule has 0 bridgehead atoms. The topological polar surface area (TPSA) is 88.3 Å². The summed E-state index contributed by atoms with van der Waals surface area (Å²) in [6.07, 6.45) is 0.982. The van der Waals surface area contributed by atoms with Crippen LogP contribution in [0.2, 0.25) is 0 Å². The van der Waals surface area contributed by atoms with Gasteiger partial charge in [-0.15, -0.1) is 22.7 Å². The van der Waals surface area contributed by atoms with E-state index in [1.165, 1.54) is 11.8 Å². The Balaban J connectivity index is 1.61. The first-order chi connectivity index (χ1) is 16.9. The monoisotopic (exact) mass is 504 g/mol. The molecule has 0 unspecified atom stereocenters. The van der Waals surface area contributed by atoms with Gasteiger partial charge in [-0.05, 0) is 41.1 Å². The Hall–Kier alpha value is -3.49. The van der Waals surface area contributed by atoms with Gasteiger partial charge in [0.25, 0.3) is 0 Å². The van der Waals surface area contributed by atoms with Gasteiger partial charge in [0.1, 0.15) is 11.0 Å². The first kappa shape index (κ1) is 24.6. The fourth-order valence-corrected chi connectivity index (χ4v) is 5.50. The maximum absolute atomic E-state index is 13.6. The number of anilines is 1. The van der Waals surface area contributed by atoms with E-state index in [1.807, 2.05) is 77.5 Å². The standard InChI is InChI=1S/C27H28N4O2S2/c1-18(32)31(2)24(16-19-7-4-3-5-8-19)26(33)29-22(15-20-10-12-21(28)13-11-20)23-17-35-27(30-23)25-9-6-14-34-25/h3-14,17,22,24H,15-16,28H2,1-2H3,(H,29,33)/t22-,24-/m0/s1. The molecule has 6 nitrogen and oxygen atoms in total. The highest BCUT2D eigenvalue weighted by Gasteiger charge is 2.29. The highest BCUT2D eigenvalue weighted by molar-refractivity contribution is 7.20. The molecule has 2 aromatic heterocycles. The summed E-state index contributed by atoms with van der Waals surface area (Å²) in [7, 11) is 1.67. The van der Waals surface area contributed by atoms with Crippen LogP contribution in [0, 0.1) is 0 Å². The fraction of sp³-hybridized carbons (Fsp3) is 0.222. The van der Waals surface area contributed by atoms with E-state index < -0.39 is 6.04 Å². The third kappa shape index (κ3) is 6.35. The average Bonchev–Trinajstić information content (AvgIpc) is 3.56. The lowest BCUT2D eigenvalue weighted by Crippen LogP contribution is -2.49.